The van der Waals surface area contributed by atoms with Crippen molar-refractivity contribution >= 4 is 16.7 Å². The zero-order valence-corrected chi connectivity index (χ0v) is 16.1. The van der Waals surface area contributed by atoms with E-state index in [0.29, 0.717) is 37.4 Å². The van der Waals surface area contributed by atoms with Gasteiger partial charge in [0.05, 0.1) is 29.7 Å². The first kappa shape index (κ1) is 18.4. The molecule has 1 aromatic heterocycles. The van der Waals surface area contributed by atoms with Crippen molar-refractivity contribution in [1.29, 1.82) is 0 Å². The lowest BCUT2D eigenvalue weighted by Crippen LogP contribution is -2.48. The molecule has 1 aliphatic rings. The molecule has 1 amide bonds. The Bertz CT molecular complexity index is 1080. The Balaban J connectivity index is 1.75. The molecule has 1 N–H and O–H groups in total. The summed E-state index contributed by atoms with van der Waals surface area (Å²) >= 11 is 0. The molecule has 0 bridgehead atoms. The third-order valence-electron chi connectivity index (χ3n) is 5.39. The maximum absolute atomic E-state index is 13.1. The van der Waals surface area contributed by atoms with Gasteiger partial charge in [0, 0.05) is 24.0 Å². The van der Waals surface area contributed by atoms with Gasteiger partial charge in [0.15, 0.2) is 0 Å². The molecule has 3 aromatic rings. The summed E-state index contributed by atoms with van der Waals surface area (Å²) in [6.45, 7) is 6.29. The average molecular weight is 377 g/mol. The first-order valence-corrected chi connectivity index (χ1v) is 9.44. The standard InChI is InChI=1S/C22H23N3O3/c1-22(2,21(27)25-10-12-28-13-11-25)16-7-5-6-15(14-16)19-17-8-3-4-9-18(17)20(26)24-23-19/h3-9,14H,10-13H2,1-2H3,(H,24,26). The minimum Gasteiger partial charge on any atom is -0.378 e. The number of nitrogens with one attached hydrogen (secondary N) is 1. The second-order valence-electron chi connectivity index (χ2n) is 7.56. The number of H-pyrrole nitrogens is 1. The summed E-state index contributed by atoms with van der Waals surface area (Å²) in [4.78, 5) is 27.1. The zero-order valence-electron chi connectivity index (χ0n) is 16.1. The summed E-state index contributed by atoms with van der Waals surface area (Å²) in [5.41, 5.74) is 1.60. The molecule has 144 valence electrons. The van der Waals surface area contributed by atoms with Crippen LogP contribution in [0, 0.1) is 0 Å². The predicted octanol–water partition coefficient (Wildman–Crippen LogP) is 2.73. The molecule has 2 heterocycles. The second kappa shape index (κ2) is 7.20. The molecular formula is C22H23N3O3. The van der Waals surface area contributed by atoms with E-state index in [1.54, 1.807) is 6.07 Å². The van der Waals surface area contributed by atoms with Crippen LogP contribution in [0.3, 0.4) is 0 Å². The van der Waals surface area contributed by atoms with Crippen LogP contribution in [0.2, 0.25) is 0 Å². The zero-order chi connectivity index (χ0) is 19.7. The van der Waals surface area contributed by atoms with E-state index in [-0.39, 0.29) is 11.5 Å². The SMILES string of the molecule is CC(C)(C(=O)N1CCOCC1)c1cccc(-c2n[nH]c(=O)c3ccccc23)c1. The molecule has 1 saturated heterocycles. The van der Waals surface area contributed by atoms with Crippen LogP contribution in [0.15, 0.2) is 53.3 Å². The normalized spacial score (nSPS) is 15.0. The van der Waals surface area contributed by atoms with Crippen molar-refractivity contribution < 1.29 is 9.53 Å². The Morgan fingerprint density at radius 1 is 1.07 bits per heavy atom. The van der Waals surface area contributed by atoms with Gasteiger partial charge >= 0.3 is 0 Å². The van der Waals surface area contributed by atoms with E-state index in [1.165, 1.54) is 0 Å². The highest BCUT2D eigenvalue weighted by molar-refractivity contribution is 5.94. The highest BCUT2D eigenvalue weighted by Crippen LogP contribution is 2.31. The fraction of sp³-hybridized carbons (Fsp3) is 0.318. The summed E-state index contributed by atoms with van der Waals surface area (Å²) in [6, 6.07) is 15.2. The molecule has 0 atom stereocenters. The van der Waals surface area contributed by atoms with E-state index in [0.717, 1.165) is 16.5 Å². The van der Waals surface area contributed by atoms with Crippen LogP contribution in [-0.4, -0.2) is 47.3 Å². The fourth-order valence-corrected chi connectivity index (χ4v) is 3.68. The number of amides is 1. The molecule has 6 nitrogen and oxygen atoms in total. The number of nitrogens with zero attached hydrogens (tertiary/aromatic N) is 2. The van der Waals surface area contributed by atoms with Crippen molar-refractivity contribution in [3.63, 3.8) is 0 Å². The van der Waals surface area contributed by atoms with Crippen LogP contribution in [0.25, 0.3) is 22.0 Å². The number of carbonyl (C=O) groups excluding carboxylic acids is 1. The molecule has 0 radical (unpaired) electrons. The Labute approximate surface area is 163 Å². The number of benzene rings is 2. The molecule has 0 aliphatic carbocycles. The van der Waals surface area contributed by atoms with Gasteiger partial charge in [-0.3, -0.25) is 9.59 Å². The minimum absolute atomic E-state index is 0.0900. The fourth-order valence-electron chi connectivity index (χ4n) is 3.68. The van der Waals surface area contributed by atoms with Crippen LogP contribution in [0.5, 0.6) is 0 Å². The van der Waals surface area contributed by atoms with Gasteiger partial charge in [-0.1, -0.05) is 36.4 Å². The molecule has 28 heavy (non-hydrogen) atoms. The van der Waals surface area contributed by atoms with Gasteiger partial charge in [-0.25, -0.2) is 5.10 Å². The van der Waals surface area contributed by atoms with Gasteiger partial charge < -0.3 is 9.64 Å². The van der Waals surface area contributed by atoms with Crippen molar-refractivity contribution in [2.75, 3.05) is 26.3 Å². The van der Waals surface area contributed by atoms with E-state index in [9.17, 15) is 9.59 Å². The number of morpholine rings is 1. The summed E-state index contributed by atoms with van der Waals surface area (Å²) in [7, 11) is 0. The number of hydrogen-bond donors (Lipinski definition) is 1. The van der Waals surface area contributed by atoms with E-state index < -0.39 is 5.41 Å². The van der Waals surface area contributed by atoms with Gasteiger partial charge in [-0.05, 0) is 31.5 Å². The van der Waals surface area contributed by atoms with Crippen LogP contribution in [0.4, 0.5) is 0 Å². The predicted molar refractivity (Wildman–Crippen MR) is 108 cm³/mol. The number of fused-ring (bicyclic) bond motifs is 1. The highest BCUT2D eigenvalue weighted by Gasteiger charge is 2.34. The summed E-state index contributed by atoms with van der Waals surface area (Å²) in [5, 5.41) is 8.26. The van der Waals surface area contributed by atoms with Gasteiger partial charge in [0.1, 0.15) is 0 Å². The summed E-state index contributed by atoms with van der Waals surface area (Å²) < 4.78 is 5.36. The highest BCUT2D eigenvalue weighted by atomic mass is 16.5. The maximum atomic E-state index is 13.1. The Kier molecular flexibility index (Phi) is 4.73. The molecule has 6 heteroatoms. The van der Waals surface area contributed by atoms with Crippen LogP contribution < -0.4 is 5.56 Å². The number of carbonyl (C=O) groups is 1. The topological polar surface area (TPSA) is 75.3 Å². The van der Waals surface area contributed by atoms with E-state index in [4.69, 9.17) is 4.74 Å². The molecule has 0 spiro atoms. The largest absolute Gasteiger partial charge is 0.378 e. The van der Waals surface area contributed by atoms with Gasteiger partial charge in [0.25, 0.3) is 5.56 Å². The average Bonchev–Trinajstić information content (AvgIpc) is 2.74. The van der Waals surface area contributed by atoms with Crippen LogP contribution in [-0.2, 0) is 14.9 Å². The Morgan fingerprint density at radius 3 is 2.54 bits per heavy atom. The van der Waals surface area contributed by atoms with Crippen molar-refractivity contribution in [3.8, 4) is 11.3 Å². The number of hydrogen-bond acceptors (Lipinski definition) is 4. The quantitative estimate of drug-likeness (QED) is 0.762. The first-order chi connectivity index (χ1) is 13.5. The molecule has 4 rings (SSSR count). The lowest BCUT2D eigenvalue weighted by Gasteiger charge is -2.34. The number of rotatable bonds is 3. The van der Waals surface area contributed by atoms with Crippen LogP contribution >= 0.6 is 0 Å². The lowest BCUT2D eigenvalue weighted by atomic mass is 9.82. The van der Waals surface area contributed by atoms with E-state index >= 15 is 0 Å². The molecule has 2 aromatic carbocycles. The van der Waals surface area contributed by atoms with Crippen LogP contribution in [0.1, 0.15) is 19.4 Å². The molecule has 0 unspecified atom stereocenters. The number of ether oxygens (including phenoxy) is 1. The van der Waals surface area contributed by atoms with Gasteiger partial charge in [0.2, 0.25) is 5.91 Å². The third kappa shape index (κ3) is 3.20. The third-order valence-corrected chi connectivity index (χ3v) is 5.39. The van der Waals surface area contributed by atoms with E-state index in [2.05, 4.69) is 10.2 Å². The van der Waals surface area contributed by atoms with E-state index in [1.807, 2.05) is 61.2 Å². The summed E-state index contributed by atoms with van der Waals surface area (Å²) in [5.74, 6) is 0.0900. The molecule has 0 saturated carbocycles. The molecular weight excluding hydrogens is 354 g/mol. The summed E-state index contributed by atoms with van der Waals surface area (Å²) in [6.07, 6.45) is 0. The number of aromatic nitrogens is 2. The smallest absolute Gasteiger partial charge is 0.272 e. The first-order valence-electron chi connectivity index (χ1n) is 9.44. The Morgan fingerprint density at radius 2 is 1.79 bits per heavy atom. The molecule has 1 fully saturated rings. The Hall–Kier alpha value is -2.99. The lowest BCUT2D eigenvalue weighted by molar-refractivity contribution is -0.140. The number of aromatic amines is 1. The van der Waals surface area contributed by atoms with Crippen molar-refractivity contribution in [1.82, 2.24) is 15.1 Å². The molecule has 1 aliphatic heterocycles. The maximum Gasteiger partial charge on any atom is 0.272 e. The van der Waals surface area contributed by atoms with Gasteiger partial charge in [-0.2, -0.15) is 5.10 Å². The second-order valence-corrected chi connectivity index (χ2v) is 7.56. The van der Waals surface area contributed by atoms with Crippen molar-refractivity contribution in [3.05, 3.63) is 64.4 Å². The van der Waals surface area contributed by atoms with Gasteiger partial charge in [-0.15, -0.1) is 0 Å². The monoisotopic (exact) mass is 377 g/mol. The minimum atomic E-state index is -0.675. The van der Waals surface area contributed by atoms with Crippen molar-refractivity contribution in [2.24, 2.45) is 0 Å². The van der Waals surface area contributed by atoms with Crippen molar-refractivity contribution in [2.45, 2.75) is 19.3 Å².